The van der Waals surface area contributed by atoms with E-state index in [9.17, 15) is 9.59 Å². The Morgan fingerprint density at radius 3 is 2.45 bits per heavy atom. The van der Waals surface area contributed by atoms with Crippen molar-refractivity contribution >= 4 is 11.8 Å². The molecular formula is C24H46N2O3. The van der Waals surface area contributed by atoms with Crippen LogP contribution in [0, 0.1) is 17.3 Å². The summed E-state index contributed by atoms with van der Waals surface area (Å²) < 4.78 is 5.46. The van der Waals surface area contributed by atoms with Crippen LogP contribution in [0.2, 0.25) is 0 Å². The zero-order valence-electron chi connectivity index (χ0n) is 20.1. The first-order chi connectivity index (χ1) is 13.6. The summed E-state index contributed by atoms with van der Waals surface area (Å²) in [5.41, 5.74) is 0.0908. The van der Waals surface area contributed by atoms with Crippen molar-refractivity contribution in [3.8, 4) is 0 Å². The maximum Gasteiger partial charge on any atom is 0.316 e. The summed E-state index contributed by atoms with van der Waals surface area (Å²) in [7, 11) is 2.22. The fourth-order valence-corrected chi connectivity index (χ4v) is 4.51. The van der Waals surface area contributed by atoms with Gasteiger partial charge in [0.15, 0.2) is 0 Å². The predicted molar refractivity (Wildman–Crippen MR) is 120 cm³/mol. The van der Waals surface area contributed by atoms with Gasteiger partial charge >= 0.3 is 5.97 Å². The normalized spacial score (nSPS) is 28.0. The Morgan fingerprint density at radius 1 is 1.14 bits per heavy atom. The number of esters is 1. The maximum atomic E-state index is 12.7. The molecule has 1 aliphatic heterocycles. The smallest absolute Gasteiger partial charge is 0.316 e. The highest BCUT2D eigenvalue weighted by atomic mass is 16.5. The fourth-order valence-electron chi connectivity index (χ4n) is 4.51. The molecule has 1 saturated heterocycles. The van der Waals surface area contributed by atoms with Gasteiger partial charge in [-0.15, -0.1) is 0 Å². The van der Waals surface area contributed by atoms with Gasteiger partial charge in [-0.2, -0.15) is 0 Å². The number of rotatable bonds is 2. The zero-order chi connectivity index (χ0) is 22.0. The van der Waals surface area contributed by atoms with Crippen molar-refractivity contribution in [2.75, 3.05) is 39.8 Å². The number of carbonyl (C=O) groups is 2. The first-order valence-electron chi connectivity index (χ1n) is 11.7. The molecule has 1 rings (SSSR count). The Hall–Kier alpha value is -0.940. The lowest BCUT2D eigenvalue weighted by molar-refractivity contribution is -0.152. The standard InChI is InChI=1S/C24H46N2O3/c1-8-21-22(27)11-12-24(5,6)17-20(4)18-25(7)14-15-26(19(2)3)13-9-10-16-29-23(21)28/h19-21H,8-18H2,1-7H3/t20-,21?/m1/s1. The quantitative estimate of drug-likeness (QED) is 0.499. The first kappa shape index (κ1) is 26.1. The molecule has 0 radical (unpaired) electrons. The molecule has 5 heteroatoms. The van der Waals surface area contributed by atoms with Crippen molar-refractivity contribution in [3.63, 3.8) is 0 Å². The van der Waals surface area contributed by atoms with Gasteiger partial charge in [0.05, 0.1) is 6.61 Å². The number of likely N-dealkylation sites (N-methyl/N-ethyl adjacent to an activating group) is 1. The van der Waals surface area contributed by atoms with Crippen LogP contribution in [0.5, 0.6) is 0 Å². The van der Waals surface area contributed by atoms with E-state index in [2.05, 4.69) is 51.5 Å². The molecule has 29 heavy (non-hydrogen) atoms. The third-order valence-corrected chi connectivity index (χ3v) is 6.24. The summed E-state index contributed by atoms with van der Waals surface area (Å²) in [6.45, 7) is 17.8. The molecule has 1 aliphatic rings. The number of ether oxygens (including phenoxy) is 1. The third-order valence-electron chi connectivity index (χ3n) is 6.24. The van der Waals surface area contributed by atoms with E-state index in [0.29, 0.717) is 31.4 Å². The van der Waals surface area contributed by atoms with Crippen molar-refractivity contribution in [1.82, 2.24) is 9.80 Å². The van der Waals surface area contributed by atoms with Crippen LogP contribution in [0.15, 0.2) is 0 Å². The molecule has 0 N–H and O–H groups in total. The molecule has 0 spiro atoms. The fraction of sp³-hybridized carbons (Fsp3) is 0.917. The molecule has 2 atom stereocenters. The summed E-state index contributed by atoms with van der Waals surface area (Å²) in [6.07, 6.45) is 4.75. The number of carbonyl (C=O) groups excluding carboxylic acids is 2. The topological polar surface area (TPSA) is 49.9 Å². The van der Waals surface area contributed by atoms with Gasteiger partial charge in [-0.25, -0.2) is 0 Å². The predicted octanol–water partition coefficient (Wildman–Crippen LogP) is 4.39. The second kappa shape index (κ2) is 12.7. The van der Waals surface area contributed by atoms with Gasteiger partial charge in [0.25, 0.3) is 0 Å². The number of ketones is 1. The SMILES string of the molecule is CCC1C(=O)CCC(C)(C)C[C@@H](C)CN(C)CCN(C(C)C)CCCCOC1=O. The van der Waals surface area contributed by atoms with Crippen LogP contribution in [-0.2, 0) is 14.3 Å². The molecule has 1 unspecified atom stereocenters. The van der Waals surface area contributed by atoms with Crippen LogP contribution in [0.4, 0.5) is 0 Å². The van der Waals surface area contributed by atoms with Crippen molar-refractivity contribution < 1.29 is 14.3 Å². The van der Waals surface area contributed by atoms with Crippen molar-refractivity contribution in [2.45, 2.75) is 86.1 Å². The minimum atomic E-state index is -0.597. The summed E-state index contributed by atoms with van der Waals surface area (Å²) in [5.74, 6) is -0.307. The monoisotopic (exact) mass is 410 g/mol. The van der Waals surface area contributed by atoms with Crippen LogP contribution in [-0.4, -0.2) is 67.4 Å². The van der Waals surface area contributed by atoms with Crippen LogP contribution >= 0.6 is 0 Å². The van der Waals surface area contributed by atoms with E-state index in [1.165, 1.54) is 0 Å². The van der Waals surface area contributed by atoms with Crippen molar-refractivity contribution in [3.05, 3.63) is 0 Å². The summed E-state index contributed by atoms with van der Waals surface area (Å²) >= 11 is 0. The Labute approximate surface area is 179 Å². The minimum absolute atomic E-state index is 0.0439. The Bertz CT molecular complexity index is 504. The zero-order valence-corrected chi connectivity index (χ0v) is 20.1. The molecule has 0 aliphatic carbocycles. The van der Waals surface area contributed by atoms with E-state index in [1.54, 1.807) is 0 Å². The van der Waals surface area contributed by atoms with Crippen LogP contribution in [0.25, 0.3) is 0 Å². The van der Waals surface area contributed by atoms with Gasteiger partial charge < -0.3 is 9.64 Å². The third kappa shape index (κ3) is 10.1. The van der Waals surface area contributed by atoms with E-state index in [1.807, 2.05) is 6.92 Å². The van der Waals surface area contributed by atoms with Gasteiger partial charge in [-0.3, -0.25) is 14.5 Å². The molecule has 1 heterocycles. The summed E-state index contributed by atoms with van der Waals surface area (Å²) in [6, 6.07) is 0.509. The molecule has 0 aromatic carbocycles. The minimum Gasteiger partial charge on any atom is -0.465 e. The van der Waals surface area contributed by atoms with Gasteiger partial charge in [0.2, 0.25) is 0 Å². The van der Waals surface area contributed by atoms with Crippen molar-refractivity contribution in [1.29, 1.82) is 0 Å². The molecule has 0 bridgehead atoms. The van der Waals surface area contributed by atoms with Gasteiger partial charge in [0.1, 0.15) is 11.7 Å². The van der Waals surface area contributed by atoms with E-state index < -0.39 is 5.92 Å². The Morgan fingerprint density at radius 2 is 1.83 bits per heavy atom. The van der Waals surface area contributed by atoms with Crippen LogP contribution in [0.3, 0.4) is 0 Å². The number of hydrogen-bond donors (Lipinski definition) is 0. The molecule has 0 aromatic heterocycles. The van der Waals surface area contributed by atoms with Gasteiger partial charge in [-0.05, 0) is 70.9 Å². The molecule has 0 amide bonds. The molecule has 0 aromatic rings. The maximum absolute atomic E-state index is 12.7. The second-order valence-electron chi connectivity index (χ2n) is 10.2. The average molecular weight is 411 g/mol. The number of hydrogen-bond acceptors (Lipinski definition) is 5. The average Bonchev–Trinajstić information content (AvgIpc) is 2.61. The first-order valence-corrected chi connectivity index (χ1v) is 11.7. The van der Waals surface area contributed by atoms with Crippen LogP contribution in [0.1, 0.15) is 80.1 Å². The Balaban J connectivity index is 2.83. The number of nitrogens with zero attached hydrogens (tertiary/aromatic N) is 2. The Kier molecular flexibility index (Phi) is 11.4. The lowest BCUT2D eigenvalue weighted by atomic mass is 9.78. The molecule has 5 nitrogen and oxygen atoms in total. The summed E-state index contributed by atoms with van der Waals surface area (Å²) in [5, 5.41) is 0. The number of Topliss-reactive ketones (excluding diaryl/α,β-unsaturated/α-hetero) is 1. The van der Waals surface area contributed by atoms with Crippen molar-refractivity contribution in [2.24, 2.45) is 17.3 Å². The summed E-state index contributed by atoms with van der Waals surface area (Å²) in [4.78, 5) is 30.0. The molecule has 1 fully saturated rings. The molecular weight excluding hydrogens is 364 g/mol. The van der Waals surface area contributed by atoms with Crippen LogP contribution < -0.4 is 0 Å². The largest absolute Gasteiger partial charge is 0.465 e. The highest BCUT2D eigenvalue weighted by molar-refractivity contribution is 5.98. The lowest BCUT2D eigenvalue weighted by Crippen LogP contribution is -2.39. The van der Waals surface area contributed by atoms with Gasteiger partial charge in [0, 0.05) is 32.1 Å². The van der Waals surface area contributed by atoms with E-state index in [-0.39, 0.29) is 17.2 Å². The van der Waals surface area contributed by atoms with E-state index in [0.717, 1.165) is 51.9 Å². The van der Waals surface area contributed by atoms with E-state index >= 15 is 0 Å². The lowest BCUT2D eigenvalue weighted by Gasteiger charge is -2.32. The molecule has 0 saturated carbocycles. The van der Waals surface area contributed by atoms with Gasteiger partial charge in [-0.1, -0.05) is 27.7 Å². The second-order valence-corrected chi connectivity index (χ2v) is 10.2. The highest BCUT2D eigenvalue weighted by Crippen LogP contribution is 2.32. The molecule has 170 valence electrons. The number of cyclic esters (lactones) is 1. The highest BCUT2D eigenvalue weighted by Gasteiger charge is 2.29. The van der Waals surface area contributed by atoms with E-state index in [4.69, 9.17) is 4.74 Å².